The van der Waals surface area contributed by atoms with Gasteiger partial charge in [-0.05, 0) is 25.0 Å². The number of para-hydroxylation sites is 1. The van der Waals surface area contributed by atoms with Gasteiger partial charge in [0.15, 0.2) is 0 Å². The maximum Gasteiger partial charge on any atom is 0.313 e. The lowest BCUT2D eigenvalue weighted by molar-refractivity contribution is -0.141. The summed E-state index contributed by atoms with van der Waals surface area (Å²) in [4.78, 5) is 37.8. The summed E-state index contributed by atoms with van der Waals surface area (Å²) in [5, 5.41) is 0.347. The molecule has 122 valence electrons. The highest BCUT2D eigenvalue weighted by molar-refractivity contribution is 6.32. The van der Waals surface area contributed by atoms with Crippen LogP contribution in [-0.4, -0.2) is 29.2 Å². The fourth-order valence-corrected chi connectivity index (χ4v) is 3.53. The zero-order valence-electron chi connectivity index (χ0n) is 12.7. The fraction of sp³-hybridized carbons (Fsp3) is 0.471. The first-order chi connectivity index (χ1) is 11.1. The summed E-state index contributed by atoms with van der Waals surface area (Å²) in [7, 11) is 0. The summed E-state index contributed by atoms with van der Waals surface area (Å²) in [6.07, 6.45) is 3.50. The summed E-state index contributed by atoms with van der Waals surface area (Å²) in [5.41, 5.74) is 0. The third-order valence-corrected chi connectivity index (χ3v) is 4.84. The molecule has 3 rings (SSSR count). The van der Waals surface area contributed by atoms with E-state index in [1.54, 1.807) is 24.3 Å². The van der Waals surface area contributed by atoms with Gasteiger partial charge in [0.05, 0.1) is 23.3 Å². The molecule has 2 fully saturated rings. The number of carbonyl (C=O) groups excluding carboxylic acids is 3. The number of hydrogen-bond donors (Lipinski definition) is 0. The molecule has 0 N–H and O–H groups in total. The van der Waals surface area contributed by atoms with Crippen molar-refractivity contribution in [2.24, 2.45) is 11.8 Å². The van der Waals surface area contributed by atoms with Gasteiger partial charge in [0.2, 0.25) is 11.8 Å². The number of benzene rings is 1. The predicted octanol–water partition coefficient (Wildman–Crippen LogP) is 2.81. The van der Waals surface area contributed by atoms with Gasteiger partial charge in [-0.25, -0.2) is 0 Å². The number of nitrogens with zero attached hydrogens (tertiary/aromatic N) is 1. The second kappa shape index (κ2) is 6.71. The highest BCUT2D eigenvalue weighted by atomic mass is 35.5. The monoisotopic (exact) mass is 335 g/mol. The van der Waals surface area contributed by atoms with Gasteiger partial charge in [-0.3, -0.25) is 19.3 Å². The van der Waals surface area contributed by atoms with E-state index in [0.29, 0.717) is 5.02 Å². The van der Waals surface area contributed by atoms with Crippen LogP contribution in [-0.2, 0) is 14.4 Å². The molecule has 1 aromatic rings. The molecule has 0 spiro atoms. The van der Waals surface area contributed by atoms with E-state index in [-0.39, 0.29) is 42.4 Å². The molecule has 2 atom stereocenters. The smallest absolute Gasteiger partial charge is 0.313 e. The second-order valence-electron chi connectivity index (χ2n) is 5.98. The van der Waals surface area contributed by atoms with Crippen LogP contribution in [0, 0.1) is 11.8 Å². The minimum atomic E-state index is -0.506. The molecule has 23 heavy (non-hydrogen) atoms. The van der Waals surface area contributed by atoms with E-state index in [9.17, 15) is 14.4 Å². The summed E-state index contributed by atoms with van der Waals surface area (Å²) in [6, 6.07) is 6.68. The molecule has 2 aliphatic rings. The van der Waals surface area contributed by atoms with E-state index in [1.165, 1.54) is 4.90 Å². The zero-order chi connectivity index (χ0) is 16.4. The number of halogens is 1. The van der Waals surface area contributed by atoms with Crippen LogP contribution >= 0.6 is 11.6 Å². The van der Waals surface area contributed by atoms with Crippen molar-refractivity contribution in [3.63, 3.8) is 0 Å². The predicted molar refractivity (Wildman–Crippen MR) is 83.9 cm³/mol. The van der Waals surface area contributed by atoms with Crippen LogP contribution in [0.1, 0.15) is 32.1 Å². The summed E-state index contributed by atoms with van der Waals surface area (Å²) >= 11 is 5.93. The maximum atomic E-state index is 12.3. The lowest BCUT2D eigenvalue weighted by atomic mass is 9.81. The molecule has 1 aliphatic heterocycles. The van der Waals surface area contributed by atoms with Crippen molar-refractivity contribution >= 4 is 29.4 Å². The Bertz CT molecular complexity index is 621. The topological polar surface area (TPSA) is 63.7 Å². The van der Waals surface area contributed by atoms with Gasteiger partial charge < -0.3 is 4.74 Å². The number of carbonyl (C=O) groups is 3. The quantitative estimate of drug-likeness (QED) is 0.482. The van der Waals surface area contributed by atoms with E-state index in [4.69, 9.17) is 16.3 Å². The van der Waals surface area contributed by atoms with Crippen LogP contribution in [0.3, 0.4) is 0 Å². The van der Waals surface area contributed by atoms with E-state index in [0.717, 1.165) is 25.7 Å². The van der Waals surface area contributed by atoms with Crippen molar-refractivity contribution < 1.29 is 19.1 Å². The first kappa shape index (κ1) is 16.0. The van der Waals surface area contributed by atoms with Gasteiger partial charge in [0.25, 0.3) is 0 Å². The van der Waals surface area contributed by atoms with Crippen LogP contribution in [0.2, 0.25) is 5.02 Å². The first-order valence-corrected chi connectivity index (χ1v) is 8.26. The van der Waals surface area contributed by atoms with Gasteiger partial charge in [0.1, 0.15) is 5.75 Å². The minimum Gasteiger partial charge on any atom is -0.425 e. The third kappa shape index (κ3) is 3.24. The minimum absolute atomic E-state index is 0.0257. The number of fused-ring (bicyclic) bond motifs is 1. The molecule has 0 bridgehead atoms. The van der Waals surface area contributed by atoms with Gasteiger partial charge in [-0.15, -0.1) is 0 Å². The molecule has 2 amide bonds. The summed E-state index contributed by atoms with van der Waals surface area (Å²) in [6.45, 7) is 0.0773. The molecule has 6 heteroatoms. The molecule has 0 aromatic heterocycles. The average molecular weight is 336 g/mol. The Labute approximate surface area is 139 Å². The normalized spacial score (nSPS) is 23.8. The van der Waals surface area contributed by atoms with Crippen LogP contribution in [0.25, 0.3) is 0 Å². The standard InChI is InChI=1S/C17H18ClNO4/c18-13-7-3-4-8-14(13)23-15(20)9-10-19-16(21)11-5-1-2-6-12(11)17(19)22/h3-4,7-8,11-12H,1-2,5-6,9-10H2/t11-,12+. The lowest BCUT2D eigenvalue weighted by Gasteiger charge is -2.19. The SMILES string of the molecule is O=C(CCN1C(=O)[C@H]2CCCC[C@H]2C1=O)Oc1ccccc1Cl. The second-order valence-corrected chi connectivity index (χ2v) is 6.39. The highest BCUT2D eigenvalue weighted by Gasteiger charge is 2.47. The number of likely N-dealkylation sites (tertiary alicyclic amines) is 1. The van der Waals surface area contributed by atoms with Crippen molar-refractivity contribution in [2.45, 2.75) is 32.1 Å². The Morgan fingerprint density at radius 3 is 2.35 bits per heavy atom. The average Bonchev–Trinajstić information content (AvgIpc) is 2.80. The van der Waals surface area contributed by atoms with E-state index < -0.39 is 5.97 Å². The number of rotatable bonds is 4. The van der Waals surface area contributed by atoms with Crippen LogP contribution in [0.5, 0.6) is 5.75 Å². The van der Waals surface area contributed by atoms with Crippen molar-refractivity contribution in [2.75, 3.05) is 6.54 Å². The highest BCUT2D eigenvalue weighted by Crippen LogP contribution is 2.38. The van der Waals surface area contributed by atoms with Crippen LogP contribution in [0.4, 0.5) is 0 Å². The van der Waals surface area contributed by atoms with Crippen molar-refractivity contribution in [1.29, 1.82) is 0 Å². The molecule has 1 aromatic carbocycles. The van der Waals surface area contributed by atoms with Crippen LogP contribution < -0.4 is 4.74 Å². The Balaban J connectivity index is 1.58. The lowest BCUT2D eigenvalue weighted by Crippen LogP contribution is -2.33. The van der Waals surface area contributed by atoms with Gasteiger partial charge >= 0.3 is 5.97 Å². The van der Waals surface area contributed by atoms with E-state index in [2.05, 4.69) is 0 Å². The third-order valence-electron chi connectivity index (χ3n) is 4.53. The molecule has 0 radical (unpaired) electrons. The van der Waals surface area contributed by atoms with Gasteiger partial charge in [-0.2, -0.15) is 0 Å². The van der Waals surface area contributed by atoms with Gasteiger partial charge in [-0.1, -0.05) is 36.6 Å². The van der Waals surface area contributed by atoms with Crippen molar-refractivity contribution in [3.05, 3.63) is 29.3 Å². The molecule has 1 saturated heterocycles. The van der Waals surface area contributed by atoms with Crippen molar-refractivity contribution in [1.82, 2.24) is 4.90 Å². The molecule has 1 heterocycles. The Morgan fingerprint density at radius 2 is 1.74 bits per heavy atom. The largest absolute Gasteiger partial charge is 0.425 e. The molecule has 1 saturated carbocycles. The number of ether oxygens (including phenoxy) is 1. The Kier molecular flexibility index (Phi) is 4.66. The molecule has 5 nitrogen and oxygen atoms in total. The van der Waals surface area contributed by atoms with E-state index in [1.807, 2.05) is 0 Å². The number of hydrogen-bond acceptors (Lipinski definition) is 4. The molecular weight excluding hydrogens is 318 g/mol. The fourth-order valence-electron chi connectivity index (χ4n) is 3.36. The number of amides is 2. The molecular formula is C17H18ClNO4. The summed E-state index contributed by atoms with van der Waals surface area (Å²) in [5.74, 6) is -0.859. The maximum absolute atomic E-state index is 12.3. The van der Waals surface area contributed by atoms with Gasteiger partial charge in [0, 0.05) is 6.54 Å². The first-order valence-electron chi connectivity index (χ1n) is 7.88. The molecule has 0 unspecified atom stereocenters. The number of imide groups is 1. The van der Waals surface area contributed by atoms with Crippen LogP contribution in [0.15, 0.2) is 24.3 Å². The zero-order valence-corrected chi connectivity index (χ0v) is 13.4. The summed E-state index contributed by atoms with van der Waals surface area (Å²) < 4.78 is 5.17. The molecule has 1 aliphatic carbocycles. The van der Waals surface area contributed by atoms with E-state index >= 15 is 0 Å². The van der Waals surface area contributed by atoms with Crippen molar-refractivity contribution in [3.8, 4) is 5.75 Å². The Morgan fingerprint density at radius 1 is 1.13 bits per heavy atom. The number of esters is 1. The Hall–Kier alpha value is -1.88.